The predicted octanol–water partition coefficient (Wildman–Crippen LogP) is 1.82. The molecule has 146 valence electrons. The van der Waals surface area contributed by atoms with Gasteiger partial charge in [-0.2, -0.15) is 0 Å². The van der Waals surface area contributed by atoms with Crippen molar-refractivity contribution >= 4 is 9.03 Å². The number of benzene rings is 1. The molecule has 25 heavy (non-hydrogen) atoms. The second kappa shape index (κ2) is 9.81. The minimum absolute atomic E-state index is 0.0102. The van der Waals surface area contributed by atoms with E-state index in [1.54, 1.807) is 0 Å². The molecule has 0 saturated heterocycles. The Kier molecular flexibility index (Phi) is 9.52. The summed E-state index contributed by atoms with van der Waals surface area (Å²) < 4.78 is 5.31. The van der Waals surface area contributed by atoms with Crippen LogP contribution in [-0.2, 0) is 10.8 Å². The van der Waals surface area contributed by atoms with Gasteiger partial charge in [-0.1, -0.05) is 53.7 Å². The molecule has 7 heteroatoms. The van der Waals surface area contributed by atoms with Gasteiger partial charge in [0.25, 0.3) is 0 Å². The van der Waals surface area contributed by atoms with Crippen molar-refractivity contribution in [3.8, 4) is 5.75 Å². The Morgan fingerprint density at radius 3 is 1.68 bits per heavy atom. The summed E-state index contributed by atoms with van der Waals surface area (Å²) in [6, 6.07) is 6.23. The first-order chi connectivity index (χ1) is 11.3. The molecule has 0 saturated carbocycles. The van der Waals surface area contributed by atoms with Crippen molar-refractivity contribution in [3.63, 3.8) is 0 Å². The molecule has 1 aromatic carbocycles. The molecule has 0 aliphatic rings. The molecule has 1 unspecified atom stereocenters. The molecule has 0 amide bonds. The molecule has 0 radical (unpaired) electrons. The first-order valence-electron chi connectivity index (χ1n) is 8.17. The van der Waals surface area contributed by atoms with Crippen molar-refractivity contribution in [2.24, 2.45) is 5.73 Å². The van der Waals surface area contributed by atoms with Gasteiger partial charge in [0, 0.05) is 5.56 Å². The summed E-state index contributed by atoms with van der Waals surface area (Å²) >= 11 is 0. The average molecular weight is 375 g/mol. The summed E-state index contributed by atoms with van der Waals surface area (Å²) in [7, 11) is -0.506. The summed E-state index contributed by atoms with van der Waals surface area (Å²) in [5.41, 5.74) is 6.51. The molecule has 0 heterocycles. The highest BCUT2D eigenvalue weighted by Crippen LogP contribution is 2.37. The fraction of sp³-hybridized carbons (Fsp3) is 0.667. The highest BCUT2D eigenvalue weighted by molar-refractivity contribution is 7.25. The van der Waals surface area contributed by atoms with E-state index in [1.807, 2.05) is 6.07 Å². The van der Waals surface area contributed by atoms with Crippen molar-refractivity contribution < 1.29 is 24.7 Å². The van der Waals surface area contributed by atoms with Crippen molar-refractivity contribution in [3.05, 3.63) is 29.3 Å². The van der Waals surface area contributed by atoms with Crippen molar-refractivity contribution in [1.82, 2.24) is 0 Å². The van der Waals surface area contributed by atoms with E-state index in [9.17, 15) is 0 Å². The van der Waals surface area contributed by atoms with Crippen LogP contribution in [0.15, 0.2) is 18.2 Å². The van der Waals surface area contributed by atoms with Gasteiger partial charge in [-0.15, -0.1) is 0 Å². The average Bonchev–Trinajstić information content (AvgIpc) is 2.53. The Morgan fingerprint density at radius 2 is 1.40 bits per heavy atom. The maximum absolute atomic E-state index is 8.94. The van der Waals surface area contributed by atoms with E-state index in [0.29, 0.717) is 0 Å². The van der Waals surface area contributed by atoms with Gasteiger partial charge in [0.2, 0.25) is 9.03 Å². The second-order valence-corrected chi connectivity index (χ2v) is 8.63. The SMILES string of the molecule is CC(C)(C)c1ccc(OPO)c(C(C)(C)C)c1.NC(CO)(CO)CO. The fourth-order valence-electron chi connectivity index (χ4n) is 1.87. The van der Waals surface area contributed by atoms with Crippen LogP contribution in [0.4, 0.5) is 0 Å². The highest BCUT2D eigenvalue weighted by atomic mass is 31.1. The fourth-order valence-corrected chi connectivity index (χ4v) is 2.15. The Morgan fingerprint density at radius 1 is 0.920 bits per heavy atom. The monoisotopic (exact) mass is 375 g/mol. The van der Waals surface area contributed by atoms with E-state index in [2.05, 4.69) is 53.7 Å². The molecule has 0 spiro atoms. The Balaban J connectivity index is 0.000000609. The maximum Gasteiger partial charge on any atom is 0.212 e. The van der Waals surface area contributed by atoms with Crippen LogP contribution in [0.1, 0.15) is 52.7 Å². The van der Waals surface area contributed by atoms with Gasteiger partial charge >= 0.3 is 0 Å². The normalized spacial score (nSPS) is 12.9. The highest BCUT2D eigenvalue weighted by Gasteiger charge is 2.23. The third-order valence-electron chi connectivity index (χ3n) is 3.75. The Hall–Kier alpha value is -0.750. The van der Waals surface area contributed by atoms with Crippen LogP contribution in [0.25, 0.3) is 0 Å². The van der Waals surface area contributed by atoms with E-state index in [0.717, 1.165) is 11.3 Å². The lowest BCUT2D eigenvalue weighted by molar-refractivity contribution is 0.0697. The quantitative estimate of drug-likeness (QED) is 0.501. The zero-order valence-corrected chi connectivity index (χ0v) is 17.1. The topological polar surface area (TPSA) is 116 Å². The standard InChI is InChI=1S/C14H23O2P.C4H11NO3/c1-13(2,3)10-7-8-12(16-17-15)11(9-10)14(4,5)6;5-4(1-6,2-7)3-8/h7-9,15,17H,1-6H3;6-8H,1-3,5H2. The van der Waals surface area contributed by atoms with E-state index in [-0.39, 0.29) is 10.8 Å². The van der Waals surface area contributed by atoms with Gasteiger partial charge in [-0.25, -0.2) is 0 Å². The van der Waals surface area contributed by atoms with Crippen LogP contribution in [0, 0.1) is 0 Å². The van der Waals surface area contributed by atoms with Gasteiger partial charge in [-0.05, 0) is 22.5 Å². The summed E-state index contributed by atoms with van der Waals surface area (Å²) in [5, 5.41) is 25.0. The van der Waals surface area contributed by atoms with Gasteiger partial charge < -0.3 is 30.5 Å². The Bertz CT molecular complexity index is 511. The molecule has 0 aromatic heterocycles. The molecule has 1 atom stereocenters. The number of hydrogen-bond acceptors (Lipinski definition) is 6. The molecule has 6 N–H and O–H groups in total. The summed E-state index contributed by atoms with van der Waals surface area (Å²) in [6.45, 7) is 11.8. The first-order valence-corrected chi connectivity index (χ1v) is 9.02. The zero-order chi connectivity index (χ0) is 19.9. The number of aliphatic hydroxyl groups is 3. The lowest BCUT2D eigenvalue weighted by Crippen LogP contribution is -2.50. The van der Waals surface area contributed by atoms with Gasteiger partial charge in [0.1, 0.15) is 5.75 Å². The van der Waals surface area contributed by atoms with Crippen LogP contribution in [0.5, 0.6) is 5.75 Å². The van der Waals surface area contributed by atoms with E-state index < -0.39 is 34.4 Å². The van der Waals surface area contributed by atoms with Crippen LogP contribution in [0.2, 0.25) is 0 Å². The zero-order valence-electron chi connectivity index (χ0n) is 16.1. The van der Waals surface area contributed by atoms with Crippen LogP contribution in [0.3, 0.4) is 0 Å². The third kappa shape index (κ3) is 7.99. The molecule has 0 bridgehead atoms. The lowest BCUT2D eigenvalue weighted by Gasteiger charge is -2.26. The molecule has 0 fully saturated rings. The van der Waals surface area contributed by atoms with Crippen LogP contribution >= 0.6 is 9.03 Å². The third-order valence-corrected chi connectivity index (χ3v) is 4.07. The van der Waals surface area contributed by atoms with Crippen LogP contribution < -0.4 is 10.3 Å². The smallest absolute Gasteiger partial charge is 0.212 e. The molecule has 0 aliphatic heterocycles. The molecular weight excluding hydrogens is 341 g/mol. The molecule has 1 rings (SSSR count). The van der Waals surface area contributed by atoms with Gasteiger partial charge in [0.05, 0.1) is 25.4 Å². The van der Waals surface area contributed by atoms with Crippen molar-refractivity contribution in [2.45, 2.75) is 57.9 Å². The van der Waals surface area contributed by atoms with E-state index in [1.165, 1.54) is 5.56 Å². The number of aliphatic hydroxyl groups excluding tert-OH is 3. The summed E-state index contributed by atoms with van der Waals surface area (Å²) in [4.78, 5) is 8.94. The second-order valence-electron chi connectivity index (χ2n) is 8.24. The Labute approximate surface area is 153 Å². The molecule has 6 nitrogen and oxygen atoms in total. The van der Waals surface area contributed by atoms with Crippen molar-refractivity contribution in [2.75, 3.05) is 19.8 Å². The molecule has 0 aliphatic carbocycles. The molecular formula is C18H34NO5P. The lowest BCUT2D eigenvalue weighted by atomic mass is 9.80. The molecule has 1 aromatic rings. The maximum atomic E-state index is 8.94. The summed E-state index contributed by atoms with van der Waals surface area (Å²) in [6.07, 6.45) is 0. The van der Waals surface area contributed by atoms with Crippen LogP contribution in [-0.4, -0.2) is 45.6 Å². The van der Waals surface area contributed by atoms with Gasteiger partial charge in [0.15, 0.2) is 0 Å². The van der Waals surface area contributed by atoms with Gasteiger partial charge in [-0.3, -0.25) is 0 Å². The number of nitrogens with two attached hydrogens (primary N) is 1. The minimum Gasteiger partial charge on any atom is -0.450 e. The predicted molar refractivity (Wildman–Crippen MR) is 103 cm³/mol. The first kappa shape index (κ1) is 24.2. The number of rotatable bonds is 5. The van der Waals surface area contributed by atoms with E-state index in [4.69, 9.17) is 30.5 Å². The number of hydrogen-bond donors (Lipinski definition) is 5. The van der Waals surface area contributed by atoms with Crippen molar-refractivity contribution in [1.29, 1.82) is 0 Å². The summed E-state index contributed by atoms with van der Waals surface area (Å²) in [5.74, 6) is 0.784. The largest absolute Gasteiger partial charge is 0.450 e. The van der Waals surface area contributed by atoms with E-state index >= 15 is 0 Å². The minimum atomic E-state index is -1.21.